The number of para-hydroxylation sites is 2. The quantitative estimate of drug-likeness (QED) is 0.533. The first-order valence-electron chi connectivity index (χ1n) is 7.00. The minimum atomic E-state index is -0.988. The molecular formula is C15H13N5O4. The van der Waals surface area contributed by atoms with Crippen molar-refractivity contribution in [2.24, 2.45) is 0 Å². The smallest absolute Gasteiger partial charge is 0.351 e. The predicted molar refractivity (Wildman–Crippen MR) is 84.1 cm³/mol. The summed E-state index contributed by atoms with van der Waals surface area (Å²) in [6.07, 6.45) is 2.55. The fourth-order valence-corrected chi connectivity index (χ4v) is 2.21. The summed E-state index contributed by atoms with van der Waals surface area (Å²) in [5.41, 5.74) is 6.05. The molecule has 2 aromatic heterocycles. The average Bonchev–Trinajstić information content (AvgIpc) is 2.97. The van der Waals surface area contributed by atoms with Crippen LogP contribution in [0.3, 0.4) is 0 Å². The summed E-state index contributed by atoms with van der Waals surface area (Å²) in [5, 5.41) is 0. The Morgan fingerprint density at radius 2 is 2.08 bits per heavy atom. The van der Waals surface area contributed by atoms with Gasteiger partial charge < -0.3 is 20.0 Å². The van der Waals surface area contributed by atoms with Gasteiger partial charge in [0.05, 0.1) is 17.4 Å². The van der Waals surface area contributed by atoms with E-state index in [2.05, 4.69) is 15.0 Å². The minimum absolute atomic E-state index is 0.189. The Balaban J connectivity index is 1.81. The summed E-state index contributed by atoms with van der Waals surface area (Å²) in [6.45, 7) is 1.58. The maximum absolute atomic E-state index is 12.2. The van der Waals surface area contributed by atoms with Crippen LogP contribution in [0.25, 0.3) is 11.0 Å². The van der Waals surface area contributed by atoms with Gasteiger partial charge in [-0.25, -0.2) is 19.4 Å². The molecule has 0 radical (unpaired) electrons. The Bertz CT molecular complexity index is 991. The number of ether oxygens (including phenoxy) is 1. The molecule has 3 aromatic rings. The number of carbonyl (C=O) groups excluding carboxylic acids is 2. The molecule has 24 heavy (non-hydrogen) atoms. The molecule has 0 fully saturated rings. The van der Waals surface area contributed by atoms with Crippen LogP contribution in [0.4, 0.5) is 5.82 Å². The maximum Gasteiger partial charge on any atom is 0.351 e. The second kappa shape index (κ2) is 5.95. The van der Waals surface area contributed by atoms with E-state index >= 15 is 0 Å². The van der Waals surface area contributed by atoms with Crippen LogP contribution in [-0.4, -0.2) is 31.5 Å². The highest BCUT2D eigenvalue weighted by molar-refractivity contribution is 6.00. The lowest BCUT2D eigenvalue weighted by molar-refractivity contribution is -0.141. The van der Waals surface area contributed by atoms with Gasteiger partial charge in [-0.15, -0.1) is 0 Å². The van der Waals surface area contributed by atoms with Gasteiger partial charge in [-0.2, -0.15) is 4.98 Å². The normalized spacial score (nSPS) is 12.0. The first-order chi connectivity index (χ1) is 11.5. The lowest BCUT2D eigenvalue weighted by atomic mass is 10.2. The molecule has 0 spiro atoms. The fourth-order valence-electron chi connectivity index (χ4n) is 2.21. The number of benzene rings is 1. The monoisotopic (exact) mass is 327 g/mol. The summed E-state index contributed by atoms with van der Waals surface area (Å²) in [4.78, 5) is 45.0. The third kappa shape index (κ3) is 2.74. The Morgan fingerprint density at radius 1 is 1.33 bits per heavy atom. The number of aromatic amines is 1. The van der Waals surface area contributed by atoms with Gasteiger partial charge in [0.25, 0.3) is 0 Å². The van der Waals surface area contributed by atoms with Crippen LogP contribution in [-0.2, 0) is 9.53 Å². The van der Waals surface area contributed by atoms with Crippen molar-refractivity contribution in [2.75, 3.05) is 5.73 Å². The van der Waals surface area contributed by atoms with Crippen LogP contribution >= 0.6 is 0 Å². The third-order valence-corrected chi connectivity index (χ3v) is 3.49. The van der Waals surface area contributed by atoms with Crippen molar-refractivity contribution in [3.8, 4) is 0 Å². The molecule has 9 heteroatoms. The van der Waals surface area contributed by atoms with Crippen molar-refractivity contribution in [3.05, 3.63) is 52.8 Å². The van der Waals surface area contributed by atoms with Gasteiger partial charge in [0.15, 0.2) is 0 Å². The standard InChI is InChI=1S/C15H13N5O4/c1-8(20-7-18-10-4-2-3-5-11(10)20)13(21)24-14(22)9-6-17-15(23)19-12(9)16/h2-8H,1H3,(H3,16,17,19,23). The van der Waals surface area contributed by atoms with Crippen LogP contribution in [0.1, 0.15) is 23.3 Å². The zero-order valence-electron chi connectivity index (χ0n) is 12.6. The molecule has 9 nitrogen and oxygen atoms in total. The Hall–Kier alpha value is -3.49. The number of rotatable bonds is 3. The highest BCUT2D eigenvalue weighted by Crippen LogP contribution is 2.19. The molecule has 0 saturated heterocycles. The summed E-state index contributed by atoms with van der Waals surface area (Å²) in [7, 11) is 0. The molecule has 3 N–H and O–H groups in total. The lowest BCUT2D eigenvalue weighted by Gasteiger charge is -2.13. The molecule has 0 saturated carbocycles. The number of H-pyrrole nitrogens is 1. The van der Waals surface area contributed by atoms with Crippen molar-refractivity contribution in [1.29, 1.82) is 0 Å². The molecule has 1 atom stereocenters. The number of aromatic nitrogens is 4. The number of imidazole rings is 1. The summed E-state index contributed by atoms with van der Waals surface area (Å²) in [5.74, 6) is -2.08. The predicted octanol–water partition coefficient (Wildman–Crippen LogP) is 0.646. The summed E-state index contributed by atoms with van der Waals surface area (Å²) >= 11 is 0. The summed E-state index contributed by atoms with van der Waals surface area (Å²) in [6, 6.07) is 6.48. The van der Waals surface area contributed by atoms with Crippen molar-refractivity contribution in [2.45, 2.75) is 13.0 Å². The lowest BCUT2D eigenvalue weighted by Crippen LogP contribution is -2.24. The number of esters is 2. The van der Waals surface area contributed by atoms with Crippen molar-refractivity contribution >= 4 is 28.8 Å². The molecule has 0 aliphatic carbocycles. The average molecular weight is 327 g/mol. The third-order valence-electron chi connectivity index (χ3n) is 3.49. The van der Waals surface area contributed by atoms with Gasteiger partial charge >= 0.3 is 17.6 Å². The number of nitrogens with two attached hydrogens (primary N) is 1. The van der Waals surface area contributed by atoms with Gasteiger partial charge in [-0.05, 0) is 19.1 Å². The number of fused-ring (bicyclic) bond motifs is 1. The van der Waals surface area contributed by atoms with Crippen LogP contribution in [0.2, 0.25) is 0 Å². The Kier molecular flexibility index (Phi) is 3.82. The molecule has 1 unspecified atom stereocenters. The van der Waals surface area contributed by atoms with E-state index in [4.69, 9.17) is 10.5 Å². The van der Waals surface area contributed by atoms with E-state index in [1.807, 2.05) is 18.2 Å². The SMILES string of the molecule is CC(C(=O)OC(=O)c1c[nH]c(=O)nc1N)n1cnc2ccccc21. The van der Waals surface area contributed by atoms with E-state index in [-0.39, 0.29) is 11.4 Å². The first-order valence-corrected chi connectivity index (χ1v) is 7.00. The van der Waals surface area contributed by atoms with Gasteiger partial charge in [0.2, 0.25) is 0 Å². The molecular weight excluding hydrogens is 314 g/mol. The molecule has 0 amide bonds. The molecule has 0 bridgehead atoms. The first kappa shape index (κ1) is 15.4. The highest BCUT2D eigenvalue weighted by atomic mass is 16.6. The Labute approximate surface area is 135 Å². The topological polar surface area (TPSA) is 133 Å². The number of nitrogen functional groups attached to an aromatic ring is 1. The van der Waals surface area contributed by atoms with Crippen LogP contribution in [0, 0.1) is 0 Å². The number of hydrogen-bond donors (Lipinski definition) is 2. The van der Waals surface area contributed by atoms with Crippen molar-refractivity contribution in [3.63, 3.8) is 0 Å². The molecule has 0 aliphatic rings. The highest BCUT2D eigenvalue weighted by Gasteiger charge is 2.23. The minimum Gasteiger partial charge on any atom is -0.388 e. The number of hydrogen-bond acceptors (Lipinski definition) is 7. The fraction of sp³-hybridized carbons (Fsp3) is 0.133. The second-order valence-corrected chi connectivity index (χ2v) is 5.03. The van der Waals surface area contributed by atoms with Crippen LogP contribution < -0.4 is 11.4 Å². The summed E-state index contributed by atoms with van der Waals surface area (Å²) < 4.78 is 6.42. The van der Waals surface area contributed by atoms with E-state index in [0.717, 1.165) is 17.2 Å². The number of carbonyl (C=O) groups is 2. The van der Waals surface area contributed by atoms with Gasteiger partial charge in [-0.1, -0.05) is 12.1 Å². The number of anilines is 1. The molecule has 2 heterocycles. The number of nitrogens with zero attached hydrogens (tertiary/aromatic N) is 3. The zero-order valence-corrected chi connectivity index (χ0v) is 12.6. The van der Waals surface area contributed by atoms with E-state index < -0.39 is 23.7 Å². The van der Waals surface area contributed by atoms with Crippen LogP contribution in [0.15, 0.2) is 41.6 Å². The van der Waals surface area contributed by atoms with E-state index in [1.165, 1.54) is 6.33 Å². The van der Waals surface area contributed by atoms with Crippen molar-refractivity contribution < 1.29 is 14.3 Å². The Morgan fingerprint density at radius 3 is 2.83 bits per heavy atom. The molecule has 0 aliphatic heterocycles. The van der Waals surface area contributed by atoms with E-state index in [1.54, 1.807) is 17.6 Å². The van der Waals surface area contributed by atoms with Crippen LogP contribution in [0.5, 0.6) is 0 Å². The van der Waals surface area contributed by atoms with E-state index in [9.17, 15) is 14.4 Å². The largest absolute Gasteiger partial charge is 0.388 e. The van der Waals surface area contributed by atoms with Gasteiger partial charge in [0, 0.05) is 6.20 Å². The zero-order chi connectivity index (χ0) is 17.3. The van der Waals surface area contributed by atoms with E-state index in [0.29, 0.717) is 0 Å². The van der Waals surface area contributed by atoms with Crippen molar-refractivity contribution in [1.82, 2.24) is 19.5 Å². The molecule has 3 rings (SSSR count). The number of nitrogens with one attached hydrogen (secondary N) is 1. The van der Waals surface area contributed by atoms with Gasteiger partial charge in [-0.3, -0.25) is 0 Å². The molecule has 1 aromatic carbocycles. The molecule has 122 valence electrons. The second-order valence-electron chi connectivity index (χ2n) is 5.03. The van der Waals surface area contributed by atoms with Gasteiger partial charge in [0.1, 0.15) is 17.4 Å². The maximum atomic E-state index is 12.2.